The molecule has 1 aliphatic carbocycles. The average molecular weight is 426 g/mol. The van der Waals surface area contributed by atoms with Crippen LogP contribution >= 0.6 is 0 Å². The van der Waals surface area contributed by atoms with E-state index in [1.54, 1.807) is 0 Å². The minimum Gasteiger partial charge on any atom is -0.330 e. The molecule has 4 heterocycles. The zero-order chi connectivity index (χ0) is 21.9. The van der Waals surface area contributed by atoms with Crippen LogP contribution in [0.5, 0.6) is 0 Å². The van der Waals surface area contributed by atoms with Gasteiger partial charge in [0.25, 0.3) is 0 Å². The smallest absolute Gasteiger partial charge is 0.137 e. The first-order chi connectivity index (χ1) is 15.7. The molecule has 1 aliphatic rings. The highest BCUT2D eigenvalue weighted by atomic mass is 15.4. The van der Waals surface area contributed by atoms with Gasteiger partial charge in [0.1, 0.15) is 11.3 Å². The Morgan fingerprint density at radius 1 is 1.03 bits per heavy atom. The normalized spacial score (nSPS) is 13.7. The number of imidazole rings is 1. The van der Waals surface area contributed by atoms with Crippen LogP contribution in [0, 0.1) is 12.8 Å². The summed E-state index contributed by atoms with van der Waals surface area (Å²) in [6, 6.07) is 12.2. The Morgan fingerprint density at radius 3 is 2.69 bits per heavy atom. The van der Waals surface area contributed by atoms with Crippen LogP contribution in [0.25, 0.3) is 27.7 Å². The Balaban J connectivity index is 0.000000314. The number of aromatic nitrogens is 6. The summed E-state index contributed by atoms with van der Waals surface area (Å²) < 4.78 is 3.85. The summed E-state index contributed by atoms with van der Waals surface area (Å²) in [7, 11) is 0. The van der Waals surface area contributed by atoms with Crippen molar-refractivity contribution in [1.29, 1.82) is 0 Å². The van der Waals surface area contributed by atoms with E-state index in [0.717, 1.165) is 45.8 Å². The van der Waals surface area contributed by atoms with E-state index < -0.39 is 0 Å². The number of hydrogen-bond acceptors (Lipinski definition) is 5. The van der Waals surface area contributed by atoms with Crippen LogP contribution in [0.1, 0.15) is 30.5 Å². The monoisotopic (exact) mass is 425 g/mol. The van der Waals surface area contributed by atoms with Crippen molar-refractivity contribution in [2.75, 3.05) is 6.54 Å². The van der Waals surface area contributed by atoms with Crippen LogP contribution in [-0.2, 0) is 6.54 Å². The summed E-state index contributed by atoms with van der Waals surface area (Å²) >= 11 is 0. The summed E-state index contributed by atoms with van der Waals surface area (Å²) in [6.07, 6.45) is 13.9. The highest BCUT2D eigenvalue weighted by molar-refractivity contribution is 5.94. The summed E-state index contributed by atoms with van der Waals surface area (Å²) in [4.78, 5) is 8.97. The molecule has 0 atom stereocenters. The highest BCUT2D eigenvalue weighted by Crippen LogP contribution is 2.26. The first-order valence-electron chi connectivity index (χ1n) is 11.1. The highest BCUT2D eigenvalue weighted by Gasteiger charge is 2.14. The van der Waals surface area contributed by atoms with Gasteiger partial charge in [0.15, 0.2) is 0 Å². The Labute approximate surface area is 186 Å². The standard InChI is InChI=1S/C20H16N6.C5H11N/c1-14-6-7-20-22-16(11-25(20)10-14)12-26-13-19(23-24-26)18-9-21-8-15-4-2-3-5-17(15)18;6-4-5-2-1-3-5/h2-11,13H,12H2,1H3;5H,1-4,6H2. The van der Waals surface area contributed by atoms with Crippen LogP contribution in [0.15, 0.2) is 67.4 Å². The number of rotatable bonds is 4. The molecular weight excluding hydrogens is 398 g/mol. The van der Waals surface area contributed by atoms with Crippen molar-refractivity contribution in [2.45, 2.75) is 32.7 Å². The fraction of sp³-hybridized carbons (Fsp3) is 0.280. The Morgan fingerprint density at radius 2 is 1.91 bits per heavy atom. The quantitative estimate of drug-likeness (QED) is 0.465. The summed E-state index contributed by atoms with van der Waals surface area (Å²) in [5.74, 6) is 0.894. The molecule has 0 aliphatic heterocycles. The summed E-state index contributed by atoms with van der Waals surface area (Å²) in [6.45, 7) is 3.56. The molecule has 5 aromatic rings. The van der Waals surface area contributed by atoms with Gasteiger partial charge in [-0.15, -0.1) is 5.10 Å². The van der Waals surface area contributed by atoms with E-state index in [-0.39, 0.29) is 0 Å². The van der Waals surface area contributed by atoms with Gasteiger partial charge < -0.3 is 10.1 Å². The maximum Gasteiger partial charge on any atom is 0.137 e. The van der Waals surface area contributed by atoms with E-state index in [0.29, 0.717) is 6.54 Å². The molecule has 1 fully saturated rings. The van der Waals surface area contributed by atoms with Crippen LogP contribution in [0.4, 0.5) is 0 Å². The second-order valence-corrected chi connectivity index (χ2v) is 8.45. The third kappa shape index (κ3) is 4.24. The van der Waals surface area contributed by atoms with Crippen molar-refractivity contribution in [2.24, 2.45) is 11.7 Å². The van der Waals surface area contributed by atoms with E-state index >= 15 is 0 Å². The van der Waals surface area contributed by atoms with Gasteiger partial charge in [-0.05, 0) is 49.2 Å². The molecule has 0 amide bonds. The molecule has 0 spiro atoms. The van der Waals surface area contributed by atoms with Gasteiger partial charge in [-0.2, -0.15) is 0 Å². The molecule has 4 aromatic heterocycles. The predicted molar refractivity (Wildman–Crippen MR) is 126 cm³/mol. The van der Waals surface area contributed by atoms with Gasteiger partial charge in [-0.25, -0.2) is 9.67 Å². The Bertz CT molecular complexity index is 1340. The lowest BCUT2D eigenvalue weighted by Gasteiger charge is -2.22. The lowest BCUT2D eigenvalue weighted by molar-refractivity contribution is 0.325. The minimum atomic E-state index is 0.575. The number of pyridine rings is 2. The lowest BCUT2D eigenvalue weighted by Crippen LogP contribution is -2.20. The number of aryl methyl sites for hydroxylation is 1. The maximum atomic E-state index is 5.33. The minimum absolute atomic E-state index is 0.575. The largest absolute Gasteiger partial charge is 0.330 e. The lowest BCUT2D eigenvalue weighted by atomic mass is 9.86. The molecule has 32 heavy (non-hydrogen) atoms. The number of benzene rings is 1. The van der Waals surface area contributed by atoms with Crippen molar-refractivity contribution >= 4 is 16.4 Å². The fourth-order valence-electron chi connectivity index (χ4n) is 3.95. The molecule has 0 radical (unpaired) electrons. The third-order valence-corrected chi connectivity index (χ3v) is 6.01. The number of nitrogens with two attached hydrogens (primary N) is 1. The van der Waals surface area contributed by atoms with Crippen molar-refractivity contribution in [3.05, 3.63) is 78.6 Å². The predicted octanol–water partition coefficient (Wildman–Crippen LogP) is 4.24. The second-order valence-electron chi connectivity index (χ2n) is 8.45. The van der Waals surface area contributed by atoms with Crippen LogP contribution in [0.3, 0.4) is 0 Å². The maximum absolute atomic E-state index is 5.33. The molecule has 0 unspecified atom stereocenters. The molecule has 0 saturated heterocycles. The summed E-state index contributed by atoms with van der Waals surface area (Å²) in [5, 5.41) is 10.8. The SMILES string of the molecule is Cc1ccc2nc(Cn3cc(-c4cncc5ccccc45)nn3)cn2c1.NCC1CCC1. The van der Waals surface area contributed by atoms with Crippen molar-refractivity contribution in [3.8, 4) is 11.3 Å². The fourth-order valence-corrected chi connectivity index (χ4v) is 3.95. The topological polar surface area (TPSA) is 86.9 Å². The molecule has 1 aromatic carbocycles. The van der Waals surface area contributed by atoms with Gasteiger partial charge in [0.05, 0.1) is 18.4 Å². The molecule has 6 rings (SSSR count). The van der Waals surface area contributed by atoms with Crippen molar-refractivity contribution in [3.63, 3.8) is 0 Å². The Hall–Kier alpha value is -3.58. The number of hydrogen-bond donors (Lipinski definition) is 1. The molecule has 7 nitrogen and oxygen atoms in total. The van der Waals surface area contributed by atoms with Gasteiger partial charge in [-0.1, -0.05) is 42.0 Å². The van der Waals surface area contributed by atoms with Crippen LogP contribution < -0.4 is 5.73 Å². The van der Waals surface area contributed by atoms with E-state index in [9.17, 15) is 0 Å². The molecule has 7 heteroatoms. The summed E-state index contributed by atoms with van der Waals surface area (Å²) in [5.41, 5.74) is 10.2. The molecule has 162 valence electrons. The van der Waals surface area contributed by atoms with E-state index in [2.05, 4.69) is 51.6 Å². The van der Waals surface area contributed by atoms with Gasteiger partial charge in [-0.3, -0.25) is 4.98 Å². The van der Waals surface area contributed by atoms with Gasteiger partial charge in [0, 0.05) is 35.7 Å². The first-order valence-corrected chi connectivity index (χ1v) is 11.1. The first kappa shape index (κ1) is 20.3. The molecule has 1 saturated carbocycles. The average Bonchev–Trinajstić information content (AvgIpc) is 3.39. The van der Waals surface area contributed by atoms with Crippen molar-refractivity contribution in [1.82, 2.24) is 29.4 Å². The van der Waals surface area contributed by atoms with E-state index in [4.69, 9.17) is 5.73 Å². The molecule has 2 N–H and O–H groups in total. The molecular formula is C25H27N7. The number of nitrogens with zero attached hydrogens (tertiary/aromatic N) is 6. The third-order valence-electron chi connectivity index (χ3n) is 6.01. The van der Waals surface area contributed by atoms with Crippen molar-refractivity contribution < 1.29 is 0 Å². The number of fused-ring (bicyclic) bond motifs is 2. The Kier molecular flexibility index (Phi) is 5.64. The van der Waals surface area contributed by atoms with Gasteiger partial charge in [0.2, 0.25) is 0 Å². The second kappa shape index (κ2) is 8.88. The van der Waals surface area contributed by atoms with E-state index in [1.165, 1.54) is 24.8 Å². The zero-order valence-electron chi connectivity index (χ0n) is 18.2. The van der Waals surface area contributed by atoms with Gasteiger partial charge >= 0.3 is 0 Å². The van der Waals surface area contributed by atoms with E-state index in [1.807, 2.05) is 52.1 Å². The zero-order valence-corrected chi connectivity index (χ0v) is 18.2. The van der Waals surface area contributed by atoms with Crippen LogP contribution in [0.2, 0.25) is 0 Å². The van der Waals surface area contributed by atoms with Crippen LogP contribution in [-0.4, -0.2) is 35.9 Å². The molecule has 0 bridgehead atoms.